The summed E-state index contributed by atoms with van der Waals surface area (Å²) in [5.74, 6) is 0. The van der Waals surface area contributed by atoms with Gasteiger partial charge < -0.3 is 10.1 Å². The van der Waals surface area contributed by atoms with E-state index in [-0.39, 0.29) is 6.04 Å². The molecule has 1 aliphatic rings. The lowest BCUT2D eigenvalue weighted by molar-refractivity contribution is 0.104. The molecule has 0 aliphatic carbocycles. The van der Waals surface area contributed by atoms with Crippen molar-refractivity contribution in [2.75, 3.05) is 13.7 Å². The summed E-state index contributed by atoms with van der Waals surface area (Å²) in [6.45, 7) is 0.919. The standard InChI is InChI=1S/C16H21N3OS/c1-17-15(12-6-3-2-4-7-12)16-19-18-14(21-16)10-9-13-8-5-11-20-13/h2-4,6-7,13,15,17H,5,8-11H2,1H3. The number of rotatable bonds is 6. The van der Waals surface area contributed by atoms with Gasteiger partial charge in [-0.05, 0) is 31.9 Å². The van der Waals surface area contributed by atoms with Crippen molar-refractivity contribution in [3.8, 4) is 0 Å². The third-order valence-corrected chi connectivity index (χ3v) is 4.90. The highest BCUT2D eigenvalue weighted by Crippen LogP contribution is 2.26. The zero-order valence-electron chi connectivity index (χ0n) is 12.3. The van der Waals surface area contributed by atoms with Crippen LogP contribution in [0.5, 0.6) is 0 Å². The Kier molecular flexibility index (Phi) is 4.95. The minimum atomic E-state index is 0.125. The quantitative estimate of drug-likeness (QED) is 0.891. The number of nitrogens with one attached hydrogen (secondary N) is 1. The zero-order valence-corrected chi connectivity index (χ0v) is 13.1. The number of aromatic nitrogens is 2. The summed E-state index contributed by atoms with van der Waals surface area (Å²) in [6.07, 6.45) is 4.83. The van der Waals surface area contributed by atoms with Crippen LogP contribution in [-0.4, -0.2) is 30.0 Å². The molecule has 112 valence electrons. The van der Waals surface area contributed by atoms with Crippen LogP contribution in [0.4, 0.5) is 0 Å². The van der Waals surface area contributed by atoms with Crippen molar-refractivity contribution < 1.29 is 4.74 Å². The van der Waals surface area contributed by atoms with E-state index in [4.69, 9.17) is 4.74 Å². The van der Waals surface area contributed by atoms with Crippen molar-refractivity contribution in [2.24, 2.45) is 0 Å². The molecule has 0 amide bonds. The van der Waals surface area contributed by atoms with Gasteiger partial charge in [-0.25, -0.2) is 0 Å². The van der Waals surface area contributed by atoms with Gasteiger partial charge in [-0.15, -0.1) is 10.2 Å². The van der Waals surface area contributed by atoms with Crippen LogP contribution in [-0.2, 0) is 11.2 Å². The van der Waals surface area contributed by atoms with Crippen molar-refractivity contribution >= 4 is 11.3 Å². The molecule has 21 heavy (non-hydrogen) atoms. The number of hydrogen-bond donors (Lipinski definition) is 1. The van der Waals surface area contributed by atoms with Gasteiger partial charge in [0.1, 0.15) is 10.0 Å². The molecule has 2 atom stereocenters. The van der Waals surface area contributed by atoms with Crippen LogP contribution in [0.1, 0.15) is 40.9 Å². The molecule has 1 aromatic heterocycles. The Hall–Kier alpha value is -1.30. The van der Waals surface area contributed by atoms with Gasteiger partial charge in [-0.1, -0.05) is 41.7 Å². The fourth-order valence-corrected chi connectivity index (χ4v) is 3.72. The molecule has 1 aliphatic heterocycles. The molecular weight excluding hydrogens is 282 g/mol. The molecule has 4 nitrogen and oxygen atoms in total. The summed E-state index contributed by atoms with van der Waals surface area (Å²) in [5.41, 5.74) is 1.22. The summed E-state index contributed by atoms with van der Waals surface area (Å²) >= 11 is 1.70. The minimum absolute atomic E-state index is 0.125. The van der Waals surface area contributed by atoms with Gasteiger partial charge in [-0.3, -0.25) is 0 Å². The number of ether oxygens (including phenoxy) is 1. The monoisotopic (exact) mass is 303 g/mol. The van der Waals surface area contributed by atoms with E-state index >= 15 is 0 Å². The van der Waals surface area contributed by atoms with Gasteiger partial charge in [0.15, 0.2) is 0 Å². The molecule has 0 radical (unpaired) electrons. The van der Waals surface area contributed by atoms with Crippen LogP contribution in [0.3, 0.4) is 0 Å². The van der Waals surface area contributed by atoms with E-state index < -0.39 is 0 Å². The molecule has 1 aromatic carbocycles. The number of hydrogen-bond acceptors (Lipinski definition) is 5. The number of benzene rings is 1. The Morgan fingerprint density at radius 3 is 2.90 bits per heavy atom. The maximum atomic E-state index is 5.66. The van der Waals surface area contributed by atoms with E-state index in [0.29, 0.717) is 6.10 Å². The molecule has 0 spiro atoms. The fourth-order valence-electron chi connectivity index (χ4n) is 2.72. The largest absolute Gasteiger partial charge is 0.378 e. The summed E-state index contributed by atoms with van der Waals surface area (Å²) in [4.78, 5) is 0. The molecule has 2 unspecified atom stereocenters. The lowest BCUT2D eigenvalue weighted by atomic mass is 10.1. The van der Waals surface area contributed by atoms with Gasteiger partial charge in [0.2, 0.25) is 0 Å². The van der Waals surface area contributed by atoms with E-state index in [1.807, 2.05) is 13.1 Å². The Morgan fingerprint density at radius 1 is 1.33 bits per heavy atom. The number of nitrogens with zero attached hydrogens (tertiary/aromatic N) is 2. The van der Waals surface area contributed by atoms with E-state index in [2.05, 4.69) is 39.8 Å². The topological polar surface area (TPSA) is 47.0 Å². The maximum absolute atomic E-state index is 5.66. The lowest BCUT2D eigenvalue weighted by Crippen LogP contribution is -2.17. The average Bonchev–Trinajstić information content (AvgIpc) is 3.19. The first-order valence-corrected chi connectivity index (χ1v) is 8.34. The summed E-state index contributed by atoms with van der Waals surface area (Å²) < 4.78 is 5.66. The summed E-state index contributed by atoms with van der Waals surface area (Å²) in [6, 6.07) is 10.5. The predicted molar refractivity (Wildman–Crippen MR) is 84.5 cm³/mol. The van der Waals surface area contributed by atoms with Crippen molar-refractivity contribution in [2.45, 2.75) is 37.8 Å². The van der Waals surface area contributed by atoms with E-state index in [1.165, 1.54) is 18.4 Å². The lowest BCUT2D eigenvalue weighted by Gasteiger charge is -2.12. The second-order valence-electron chi connectivity index (χ2n) is 5.34. The second kappa shape index (κ2) is 7.11. The van der Waals surface area contributed by atoms with Gasteiger partial charge in [0.25, 0.3) is 0 Å². The van der Waals surface area contributed by atoms with Crippen molar-refractivity contribution in [3.05, 3.63) is 45.9 Å². The van der Waals surface area contributed by atoms with Crippen LogP contribution in [0.15, 0.2) is 30.3 Å². The molecule has 0 saturated carbocycles. The first-order chi connectivity index (χ1) is 10.4. The molecule has 1 N–H and O–H groups in total. The summed E-state index contributed by atoms with van der Waals surface area (Å²) in [5, 5.41) is 14.2. The maximum Gasteiger partial charge on any atom is 0.139 e. The Morgan fingerprint density at radius 2 is 2.19 bits per heavy atom. The van der Waals surface area contributed by atoms with Crippen LogP contribution < -0.4 is 5.32 Å². The van der Waals surface area contributed by atoms with Crippen LogP contribution in [0, 0.1) is 0 Å². The third-order valence-electron chi connectivity index (χ3n) is 3.86. The van der Waals surface area contributed by atoms with Crippen LogP contribution >= 0.6 is 11.3 Å². The highest BCUT2D eigenvalue weighted by atomic mass is 32.1. The average molecular weight is 303 g/mol. The SMILES string of the molecule is CNC(c1ccccc1)c1nnc(CCC2CCCO2)s1. The Balaban J connectivity index is 1.65. The van der Waals surface area contributed by atoms with Crippen molar-refractivity contribution in [3.63, 3.8) is 0 Å². The summed E-state index contributed by atoms with van der Waals surface area (Å²) in [7, 11) is 1.96. The second-order valence-corrected chi connectivity index (χ2v) is 6.43. The third kappa shape index (κ3) is 3.67. The van der Waals surface area contributed by atoms with E-state index in [0.717, 1.165) is 29.5 Å². The van der Waals surface area contributed by atoms with E-state index in [9.17, 15) is 0 Å². The van der Waals surface area contributed by atoms with Crippen LogP contribution in [0.25, 0.3) is 0 Å². The Labute approximate surface area is 129 Å². The first-order valence-electron chi connectivity index (χ1n) is 7.53. The van der Waals surface area contributed by atoms with Gasteiger partial charge in [0.05, 0.1) is 12.1 Å². The number of aryl methyl sites for hydroxylation is 1. The highest BCUT2D eigenvalue weighted by Gasteiger charge is 2.19. The molecule has 2 heterocycles. The molecule has 0 bridgehead atoms. The van der Waals surface area contributed by atoms with Gasteiger partial charge >= 0.3 is 0 Å². The van der Waals surface area contributed by atoms with E-state index in [1.54, 1.807) is 11.3 Å². The molecular formula is C16H21N3OS. The predicted octanol–water partition coefficient (Wildman–Crippen LogP) is 2.96. The molecule has 1 saturated heterocycles. The highest BCUT2D eigenvalue weighted by molar-refractivity contribution is 7.11. The van der Waals surface area contributed by atoms with Crippen molar-refractivity contribution in [1.82, 2.24) is 15.5 Å². The molecule has 3 rings (SSSR count). The van der Waals surface area contributed by atoms with Gasteiger partial charge in [0, 0.05) is 13.0 Å². The van der Waals surface area contributed by atoms with Crippen molar-refractivity contribution in [1.29, 1.82) is 0 Å². The Bertz CT molecular complexity index is 552. The fraction of sp³-hybridized carbons (Fsp3) is 0.500. The minimum Gasteiger partial charge on any atom is -0.378 e. The van der Waals surface area contributed by atoms with Crippen LogP contribution in [0.2, 0.25) is 0 Å². The molecule has 1 fully saturated rings. The molecule has 2 aromatic rings. The smallest absolute Gasteiger partial charge is 0.139 e. The normalized spacial score (nSPS) is 19.8. The first kappa shape index (κ1) is 14.6. The molecule has 5 heteroatoms. The van der Waals surface area contributed by atoms with Gasteiger partial charge in [-0.2, -0.15) is 0 Å². The zero-order chi connectivity index (χ0) is 14.5.